The summed E-state index contributed by atoms with van der Waals surface area (Å²) in [6.07, 6.45) is 0. The summed E-state index contributed by atoms with van der Waals surface area (Å²) >= 11 is 1.59. The maximum absolute atomic E-state index is 12.8. The maximum Gasteiger partial charge on any atom is 0.264 e. The van der Waals surface area contributed by atoms with E-state index in [-0.39, 0.29) is 5.91 Å². The predicted molar refractivity (Wildman–Crippen MR) is 95.5 cm³/mol. The molecule has 0 radical (unpaired) electrons. The number of carbonyl (C=O) groups excluding carboxylic acids is 1. The number of ether oxygens (including phenoxy) is 1. The molecule has 0 unspecified atom stereocenters. The van der Waals surface area contributed by atoms with Gasteiger partial charge in [0.1, 0.15) is 12.4 Å². The van der Waals surface area contributed by atoms with Gasteiger partial charge in [0.15, 0.2) is 0 Å². The fourth-order valence-electron chi connectivity index (χ4n) is 3.32. The van der Waals surface area contributed by atoms with Gasteiger partial charge in [-0.25, -0.2) is 0 Å². The first-order valence-corrected chi connectivity index (χ1v) is 9.14. The molecule has 2 N–H and O–H groups in total. The monoisotopic (exact) mass is 343 g/mol. The van der Waals surface area contributed by atoms with Crippen molar-refractivity contribution in [1.82, 2.24) is 9.80 Å². The average Bonchev–Trinajstić information content (AvgIpc) is 3.07. The van der Waals surface area contributed by atoms with Crippen molar-refractivity contribution >= 4 is 17.2 Å². The molecule has 5 nitrogen and oxygen atoms in total. The van der Waals surface area contributed by atoms with Crippen LogP contribution >= 0.6 is 11.3 Å². The molecule has 0 saturated carbocycles. The van der Waals surface area contributed by atoms with Crippen LogP contribution in [-0.2, 0) is 6.61 Å². The van der Waals surface area contributed by atoms with Gasteiger partial charge in [-0.15, -0.1) is 11.3 Å². The molecule has 0 atom stereocenters. The van der Waals surface area contributed by atoms with Crippen molar-refractivity contribution in [3.8, 4) is 16.2 Å². The lowest BCUT2D eigenvalue weighted by atomic mass is 10.1. The maximum atomic E-state index is 12.8. The number of hydrogen-bond donors (Lipinski definition) is 1. The second-order valence-corrected chi connectivity index (χ2v) is 7.22. The number of rotatable bonds is 3. The smallest absolute Gasteiger partial charge is 0.264 e. The third-order valence-corrected chi connectivity index (χ3v) is 5.84. The molecule has 1 aromatic carbocycles. The zero-order valence-electron chi connectivity index (χ0n) is 13.5. The minimum absolute atomic E-state index is 0.138. The van der Waals surface area contributed by atoms with Crippen LogP contribution in [0.2, 0.25) is 0 Å². The Bertz CT molecular complexity index is 750. The van der Waals surface area contributed by atoms with Crippen LogP contribution in [-0.4, -0.2) is 55.0 Å². The summed E-state index contributed by atoms with van der Waals surface area (Å²) in [5, 5.41) is 0. The number of thiophene rings is 1. The van der Waals surface area contributed by atoms with E-state index in [1.54, 1.807) is 11.3 Å². The van der Waals surface area contributed by atoms with Crippen LogP contribution in [0, 0.1) is 0 Å². The number of fused-ring (bicyclic) bond motifs is 3. The zero-order chi connectivity index (χ0) is 16.5. The number of para-hydroxylation sites is 1. The molecule has 2 aliphatic heterocycles. The SMILES string of the molecule is NCCN1CCN(C(=O)c2cc3c(s2)-c2ccccc2OC3)CC1. The molecule has 0 aliphatic carbocycles. The number of amides is 1. The molecule has 1 amide bonds. The van der Waals surface area contributed by atoms with Gasteiger partial charge in [-0.05, 0) is 18.2 Å². The topological polar surface area (TPSA) is 58.8 Å². The van der Waals surface area contributed by atoms with Gasteiger partial charge >= 0.3 is 0 Å². The van der Waals surface area contributed by atoms with Crippen molar-refractivity contribution in [3.05, 3.63) is 40.8 Å². The Morgan fingerprint density at radius 2 is 2.00 bits per heavy atom. The number of nitrogens with zero attached hydrogens (tertiary/aromatic N) is 2. The van der Waals surface area contributed by atoms with E-state index in [4.69, 9.17) is 10.5 Å². The second-order valence-electron chi connectivity index (χ2n) is 6.17. The number of hydrogen-bond acceptors (Lipinski definition) is 5. The number of piperazine rings is 1. The fourth-order valence-corrected chi connectivity index (χ4v) is 4.48. The van der Waals surface area contributed by atoms with E-state index >= 15 is 0 Å². The molecule has 1 saturated heterocycles. The molecule has 6 heteroatoms. The van der Waals surface area contributed by atoms with E-state index in [9.17, 15) is 4.79 Å². The van der Waals surface area contributed by atoms with Gasteiger partial charge in [0, 0.05) is 55.3 Å². The Balaban J connectivity index is 1.53. The third-order valence-electron chi connectivity index (χ3n) is 4.64. The minimum Gasteiger partial charge on any atom is -0.488 e. The lowest BCUT2D eigenvalue weighted by Crippen LogP contribution is -2.49. The number of carbonyl (C=O) groups is 1. The molecule has 2 aliphatic rings. The molecular weight excluding hydrogens is 322 g/mol. The Morgan fingerprint density at radius 1 is 1.21 bits per heavy atom. The standard InChI is InChI=1S/C18H21N3O2S/c19-5-6-20-7-9-21(10-8-20)18(22)16-11-13-12-23-15-4-2-1-3-14(15)17(13)24-16/h1-4,11H,5-10,12,19H2. The largest absolute Gasteiger partial charge is 0.488 e. The molecule has 1 fully saturated rings. The molecule has 126 valence electrons. The molecule has 4 rings (SSSR count). The van der Waals surface area contributed by atoms with Crippen LogP contribution < -0.4 is 10.5 Å². The molecule has 24 heavy (non-hydrogen) atoms. The quantitative estimate of drug-likeness (QED) is 0.926. The Hall–Kier alpha value is -1.89. The van der Waals surface area contributed by atoms with Crippen LogP contribution in [0.15, 0.2) is 30.3 Å². The summed E-state index contributed by atoms with van der Waals surface area (Å²) in [5.41, 5.74) is 7.82. The predicted octanol–water partition coefficient (Wildman–Crippen LogP) is 2.02. The number of benzene rings is 1. The van der Waals surface area contributed by atoms with E-state index in [0.29, 0.717) is 13.2 Å². The van der Waals surface area contributed by atoms with E-state index in [0.717, 1.165) is 54.5 Å². The Kier molecular flexibility index (Phi) is 4.26. The van der Waals surface area contributed by atoms with Crippen LogP contribution in [0.1, 0.15) is 15.2 Å². The molecule has 0 bridgehead atoms. The van der Waals surface area contributed by atoms with Gasteiger partial charge in [-0.3, -0.25) is 9.69 Å². The van der Waals surface area contributed by atoms with Crippen molar-refractivity contribution < 1.29 is 9.53 Å². The highest BCUT2D eigenvalue weighted by atomic mass is 32.1. The first kappa shape index (κ1) is 15.6. The number of nitrogens with two attached hydrogens (primary N) is 1. The van der Waals surface area contributed by atoms with Crippen LogP contribution in [0.25, 0.3) is 10.4 Å². The van der Waals surface area contributed by atoms with Crippen molar-refractivity contribution in [2.75, 3.05) is 39.3 Å². The molecular formula is C18H21N3O2S. The summed E-state index contributed by atoms with van der Waals surface area (Å²) in [5.74, 6) is 1.04. The zero-order valence-corrected chi connectivity index (χ0v) is 14.3. The van der Waals surface area contributed by atoms with Gasteiger partial charge in [0.25, 0.3) is 5.91 Å². The van der Waals surface area contributed by atoms with Gasteiger partial charge in [0.05, 0.1) is 4.88 Å². The van der Waals surface area contributed by atoms with Crippen molar-refractivity contribution in [2.45, 2.75) is 6.61 Å². The normalized spacial score (nSPS) is 17.1. The van der Waals surface area contributed by atoms with E-state index < -0.39 is 0 Å². The summed E-state index contributed by atoms with van der Waals surface area (Å²) < 4.78 is 5.79. The van der Waals surface area contributed by atoms with Gasteiger partial charge < -0.3 is 15.4 Å². The summed E-state index contributed by atoms with van der Waals surface area (Å²) in [7, 11) is 0. The molecule has 1 aromatic heterocycles. The average molecular weight is 343 g/mol. The van der Waals surface area contributed by atoms with E-state index in [2.05, 4.69) is 11.0 Å². The molecule has 0 spiro atoms. The third kappa shape index (κ3) is 2.81. The summed E-state index contributed by atoms with van der Waals surface area (Å²) in [6.45, 7) is 5.47. The first-order valence-electron chi connectivity index (χ1n) is 8.33. The van der Waals surface area contributed by atoms with Crippen LogP contribution in [0.5, 0.6) is 5.75 Å². The highest BCUT2D eigenvalue weighted by Crippen LogP contribution is 2.42. The summed E-state index contributed by atoms with van der Waals surface area (Å²) in [6, 6.07) is 10.0. The molecule has 2 aromatic rings. The second kappa shape index (κ2) is 6.55. The van der Waals surface area contributed by atoms with Crippen LogP contribution in [0.3, 0.4) is 0 Å². The Morgan fingerprint density at radius 3 is 2.79 bits per heavy atom. The van der Waals surface area contributed by atoms with E-state index in [1.807, 2.05) is 29.2 Å². The summed E-state index contributed by atoms with van der Waals surface area (Å²) in [4.78, 5) is 19.1. The van der Waals surface area contributed by atoms with Gasteiger partial charge in [0.2, 0.25) is 0 Å². The lowest BCUT2D eigenvalue weighted by Gasteiger charge is -2.34. The van der Waals surface area contributed by atoms with Gasteiger partial charge in [-0.1, -0.05) is 12.1 Å². The lowest BCUT2D eigenvalue weighted by molar-refractivity contribution is 0.0645. The van der Waals surface area contributed by atoms with Gasteiger partial charge in [-0.2, -0.15) is 0 Å². The minimum atomic E-state index is 0.138. The highest BCUT2D eigenvalue weighted by Gasteiger charge is 2.26. The fraction of sp³-hybridized carbons (Fsp3) is 0.389. The van der Waals surface area contributed by atoms with Crippen molar-refractivity contribution in [3.63, 3.8) is 0 Å². The Labute approximate surface area is 145 Å². The molecule has 3 heterocycles. The van der Waals surface area contributed by atoms with E-state index in [1.165, 1.54) is 4.88 Å². The van der Waals surface area contributed by atoms with Crippen molar-refractivity contribution in [1.29, 1.82) is 0 Å². The van der Waals surface area contributed by atoms with Crippen molar-refractivity contribution in [2.24, 2.45) is 5.73 Å². The highest BCUT2D eigenvalue weighted by molar-refractivity contribution is 7.17. The van der Waals surface area contributed by atoms with Crippen LogP contribution in [0.4, 0.5) is 0 Å². The first-order chi connectivity index (χ1) is 11.8.